The lowest BCUT2D eigenvalue weighted by molar-refractivity contribution is 0.0696. The van der Waals surface area contributed by atoms with E-state index in [1.165, 1.54) is 6.07 Å². The molecule has 0 radical (unpaired) electrons. The van der Waals surface area contributed by atoms with Crippen LogP contribution in [0.15, 0.2) is 42.5 Å². The summed E-state index contributed by atoms with van der Waals surface area (Å²) in [4.78, 5) is 10.9. The third kappa shape index (κ3) is 4.01. The van der Waals surface area contributed by atoms with Gasteiger partial charge in [0.05, 0.1) is 5.56 Å². The maximum atomic E-state index is 13.5. The van der Waals surface area contributed by atoms with Crippen molar-refractivity contribution in [3.63, 3.8) is 0 Å². The maximum Gasteiger partial charge on any atom is 0.335 e. The van der Waals surface area contributed by atoms with E-state index < -0.39 is 5.97 Å². The van der Waals surface area contributed by atoms with E-state index in [-0.39, 0.29) is 11.4 Å². The van der Waals surface area contributed by atoms with Crippen LogP contribution < -0.4 is 5.32 Å². The first-order chi connectivity index (χ1) is 9.56. The lowest BCUT2D eigenvalue weighted by Crippen LogP contribution is -2.14. The van der Waals surface area contributed by atoms with Crippen molar-refractivity contribution in [2.75, 3.05) is 0 Å². The molecule has 0 heterocycles. The van der Waals surface area contributed by atoms with E-state index in [0.29, 0.717) is 18.7 Å². The van der Waals surface area contributed by atoms with E-state index in [2.05, 4.69) is 27.9 Å². The number of carbonyl (C=O) groups is 1. The van der Waals surface area contributed by atoms with Crippen LogP contribution >= 0.6 is 22.6 Å². The quantitative estimate of drug-likeness (QED) is 0.776. The molecule has 2 aromatic carbocycles. The Morgan fingerprint density at radius 3 is 2.75 bits per heavy atom. The normalized spacial score (nSPS) is 10.5. The van der Waals surface area contributed by atoms with Gasteiger partial charge in [0.15, 0.2) is 0 Å². The molecule has 0 aliphatic heterocycles. The number of nitrogens with one attached hydrogen (secondary N) is 1. The van der Waals surface area contributed by atoms with Crippen molar-refractivity contribution in [3.05, 3.63) is 68.5 Å². The summed E-state index contributed by atoms with van der Waals surface area (Å²) >= 11 is 2.14. The molecule has 3 nitrogen and oxygen atoms in total. The Kier molecular flexibility index (Phi) is 5.08. The van der Waals surface area contributed by atoms with Crippen LogP contribution in [0.1, 0.15) is 21.5 Å². The zero-order valence-electron chi connectivity index (χ0n) is 10.6. The lowest BCUT2D eigenvalue weighted by Gasteiger charge is -2.07. The van der Waals surface area contributed by atoms with Gasteiger partial charge in [-0.25, -0.2) is 9.18 Å². The van der Waals surface area contributed by atoms with Gasteiger partial charge in [-0.05, 0) is 58.5 Å². The van der Waals surface area contributed by atoms with Crippen molar-refractivity contribution in [3.8, 4) is 0 Å². The molecule has 0 bridgehead atoms. The standard InChI is InChI=1S/C15H13FINO2/c16-14-5-4-13(17)7-12(14)9-18-8-10-2-1-3-11(6-10)15(19)20/h1-7,18H,8-9H2,(H,19,20). The molecular weight excluding hydrogens is 372 g/mol. The highest BCUT2D eigenvalue weighted by molar-refractivity contribution is 14.1. The molecule has 5 heteroatoms. The zero-order chi connectivity index (χ0) is 14.5. The van der Waals surface area contributed by atoms with E-state index in [4.69, 9.17) is 5.11 Å². The number of hydrogen-bond acceptors (Lipinski definition) is 2. The van der Waals surface area contributed by atoms with Crippen LogP contribution in [0.3, 0.4) is 0 Å². The monoisotopic (exact) mass is 385 g/mol. The molecule has 2 N–H and O–H groups in total. The van der Waals surface area contributed by atoms with Crippen LogP contribution in [0.2, 0.25) is 0 Å². The fourth-order valence-electron chi connectivity index (χ4n) is 1.83. The highest BCUT2D eigenvalue weighted by Gasteiger charge is 2.04. The predicted molar refractivity (Wildman–Crippen MR) is 83.1 cm³/mol. The van der Waals surface area contributed by atoms with Crippen LogP contribution in [-0.2, 0) is 13.1 Å². The molecule has 0 saturated carbocycles. The third-order valence-corrected chi connectivity index (χ3v) is 3.50. The summed E-state index contributed by atoms with van der Waals surface area (Å²) in [6.07, 6.45) is 0. The Morgan fingerprint density at radius 1 is 1.20 bits per heavy atom. The van der Waals surface area contributed by atoms with Gasteiger partial charge in [-0.3, -0.25) is 0 Å². The number of carboxylic acid groups (broad SMARTS) is 1. The van der Waals surface area contributed by atoms with Crippen LogP contribution in [0.5, 0.6) is 0 Å². The van der Waals surface area contributed by atoms with Gasteiger partial charge in [0.2, 0.25) is 0 Å². The second-order valence-electron chi connectivity index (χ2n) is 4.34. The molecule has 2 aromatic rings. The molecule has 20 heavy (non-hydrogen) atoms. The van der Waals surface area contributed by atoms with Crippen LogP contribution in [-0.4, -0.2) is 11.1 Å². The van der Waals surface area contributed by atoms with Gasteiger partial charge >= 0.3 is 5.97 Å². The van der Waals surface area contributed by atoms with Crippen molar-refractivity contribution < 1.29 is 14.3 Å². The van der Waals surface area contributed by atoms with Crippen molar-refractivity contribution >= 4 is 28.6 Å². The predicted octanol–water partition coefficient (Wildman–Crippen LogP) is 3.42. The smallest absolute Gasteiger partial charge is 0.335 e. The highest BCUT2D eigenvalue weighted by Crippen LogP contribution is 2.12. The Bertz CT molecular complexity index is 631. The molecule has 0 unspecified atom stereocenters. The van der Waals surface area contributed by atoms with Gasteiger partial charge in [0, 0.05) is 22.2 Å². The van der Waals surface area contributed by atoms with Gasteiger partial charge in [0.1, 0.15) is 5.82 Å². The van der Waals surface area contributed by atoms with Crippen molar-refractivity contribution in [2.24, 2.45) is 0 Å². The minimum absolute atomic E-state index is 0.239. The first-order valence-corrected chi connectivity index (χ1v) is 7.11. The first-order valence-electron chi connectivity index (χ1n) is 6.03. The van der Waals surface area contributed by atoms with Crippen LogP contribution in [0, 0.1) is 9.39 Å². The molecule has 0 atom stereocenters. The minimum atomic E-state index is -0.949. The van der Waals surface area contributed by atoms with Crippen LogP contribution in [0.4, 0.5) is 4.39 Å². The summed E-state index contributed by atoms with van der Waals surface area (Å²) in [5.41, 5.74) is 1.71. The van der Waals surface area contributed by atoms with Crippen molar-refractivity contribution in [1.82, 2.24) is 5.32 Å². The van der Waals surface area contributed by atoms with E-state index in [1.54, 1.807) is 30.3 Å². The molecule has 0 saturated heterocycles. The molecule has 2 rings (SSSR count). The van der Waals surface area contributed by atoms with Gasteiger partial charge in [-0.15, -0.1) is 0 Å². The lowest BCUT2D eigenvalue weighted by atomic mass is 10.1. The van der Waals surface area contributed by atoms with Gasteiger partial charge < -0.3 is 10.4 Å². The van der Waals surface area contributed by atoms with Gasteiger partial charge in [-0.1, -0.05) is 12.1 Å². The Morgan fingerprint density at radius 2 is 2.00 bits per heavy atom. The topological polar surface area (TPSA) is 49.3 Å². The number of benzene rings is 2. The molecule has 0 aliphatic rings. The third-order valence-electron chi connectivity index (χ3n) is 2.83. The second kappa shape index (κ2) is 6.81. The van der Waals surface area contributed by atoms with Gasteiger partial charge in [-0.2, -0.15) is 0 Å². The summed E-state index contributed by atoms with van der Waals surface area (Å²) in [7, 11) is 0. The van der Waals surface area contributed by atoms with E-state index in [0.717, 1.165) is 9.13 Å². The summed E-state index contributed by atoms with van der Waals surface area (Å²) in [5.74, 6) is -1.19. The molecule has 104 valence electrons. The summed E-state index contributed by atoms with van der Waals surface area (Å²) in [6, 6.07) is 11.7. The average Bonchev–Trinajstić information content (AvgIpc) is 2.43. The zero-order valence-corrected chi connectivity index (χ0v) is 12.7. The highest BCUT2D eigenvalue weighted by atomic mass is 127. The summed E-state index contributed by atoms with van der Waals surface area (Å²) in [5, 5.41) is 12.0. The van der Waals surface area contributed by atoms with Gasteiger partial charge in [0.25, 0.3) is 0 Å². The molecule has 0 fully saturated rings. The SMILES string of the molecule is O=C(O)c1cccc(CNCc2cc(I)ccc2F)c1. The largest absolute Gasteiger partial charge is 0.478 e. The Labute approximate surface area is 130 Å². The summed E-state index contributed by atoms with van der Waals surface area (Å²) < 4.78 is 14.5. The molecule has 0 aromatic heterocycles. The van der Waals surface area contributed by atoms with E-state index in [9.17, 15) is 9.18 Å². The maximum absolute atomic E-state index is 13.5. The van der Waals surface area contributed by atoms with E-state index >= 15 is 0 Å². The molecule has 0 amide bonds. The number of halogens is 2. The molecular formula is C15H13FINO2. The second-order valence-corrected chi connectivity index (χ2v) is 5.59. The fourth-order valence-corrected chi connectivity index (χ4v) is 2.39. The number of rotatable bonds is 5. The average molecular weight is 385 g/mol. The Hall–Kier alpha value is -1.47. The number of carboxylic acids is 1. The van der Waals surface area contributed by atoms with Crippen LogP contribution in [0.25, 0.3) is 0 Å². The number of aromatic carboxylic acids is 1. The molecule has 0 aliphatic carbocycles. The van der Waals surface area contributed by atoms with Crippen molar-refractivity contribution in [2.45, 2.75) is 13.1 Å². The van der Waals surface area contributed by atoms with E-state index in [1.807, 2.05) is 6.07 Å². The Balaban J connectivity index is 1.97. The fraction of sp³-hybridized carbons (Fsp3) is 0.133. The van der Waals surface area contributed by atoms with Crippen molar-refractivity contribution in [1.29, 1.82) is 0 Å². The minimum Gasteiger partial charge on any atom is -0.478 e. The molecule has 0 spiro atoms. The first kappa shape index (κ1) is 14.9. The number of hydrogen-bond donors (Lipinski definition) is 2. The summed E-state index contributed by atoms with van der Waals surface area (Å²) in [6.45, 7) is 0.895.